The van der Waals surface area contributed by atoms with Crippen LogP contribution in [0.5, 0.6) is 0 Å². The molecule has 0 amide bonds. The molecule has 4 aliphatic carbocycles. The molecule has 28 heavy (non-hydrogen) atoms. The van der Waals surface area contributed by atoms with Crippen molar-refractivity contribution in [1.82, 2.24) is 0 Å². The lowest BCUT2D eigenvalue weighted by molar-refractivity contribution is -0.129. The van der Waals surface area contributed by atoms with Crippen LogP contribution in [0.2, 0.25) is 0 Å². The van der Waals surface area contributed by atoms with Crippen molar-refractivity contribution < 1.29 is 5.11 Å². The minimum Gasteiger partial charge on any atom is -0.393 e. The van der Waals surface area contributed by atoms with Crippen LogP contribution in [0.15, 0.2) is 0 Å². The van der Waals surface area contributed by atoms with Crippen LogP contribution in [-0.4, -0.2) is 11.2 Å². The molecule has 4 rings (SSSR count). The van der Waals surface area contributed by atoms with Gasteiger partial charge in [-0.1, -0.05) is 61.8 Å². The molecule has 0 aromatic carbocycles. The van der Waals surface area contributed by atoms with E-state index in [0.29, 0.717) is 10.8 Å². The first-order chi connectivity index (χ1) is 13.4. The summed E-state index contributed by atoms with van der Waals surface area (Å²) in [6, 6.07) is 0. The van der Waals surface area contributed by atoms with Gasteiger partial charge in [0.05, 0.1) is 6.10 Å². The first-order valence-electron chi connectivity index (χ1n) is 13.1. The SMILES string of the molecule is CC.CC.CCC(C)C1CCC2C3CCC4CC(O)CCC4(C)C3CCC12C. The number of hydrogen-bond donors (Lipinski definition) is 1. The summed E-state index contributed by atoms with van der Waals surface area (Å²) in [6.45, 7) is 18.2. The summed E-state index contributed by atoms with van der Waals surface area (Å²) in [5.74, 6) is 5.64. The van der Waals surface area contributed by atoms with Gasteiger partial charge in [0.25, 0.3) is 0 Å². The quantitative estimate of drug-likeness (QED) is 0.503. The number of aliphatic hydroxyl groups is 1. The predicted molar refractivity (Wildman–Crippen MR) is 123 cm³/mol. The normalized spacial score (nSPS) is 47.9. The zero-order valence-corrected chi connectivity index (χ0v) is 20.6. The Kier molecular flexibility index (Phi) is 8.52. The minimum atomic E-state index is -0.00486. The Morgan fingerprint density at radius 2 is 1.43 bits per heavy atom. The molecule has 0 spiro atoms. The van der Waals surface area contributed by atoms with Gasteiger partial charge in [0.2, 0.25) is 0 Å². The van der Waals surface area contributed by atoms with E-state index in [0.717, 1.165) is 48.3 Å². The van der Waals surface area contributed by atoms with Gasteiger partial charge in [0, 0.05) is 0 Å². The molecular weight excluding hydrogens is 340 g/mol. The average molecular weight is 393 g/mol. The number of hydrogen-bond acceptors (Lipinski definition) is 1. The summed E-state index contributed by atoms with van der Waals surface area (Å²) in [7, 11) is 0. The van der Waals surface area contributed by atoms with Crippen LogP contribution < -0.4 is 0 Å². The molecule has 0 radical (unpaired) electrons. The van der Waals surface area contributed by atoms with E-state index in [4.69, 9.17) is 0 Å². The first kappa shape index (κ1) is 24.2. The third kappa shape index (κ3) is 3.95. The fraction of sp³-hybridized carbons (Fsp3) is 1.00. The Balaban J connectivity index is 0.000000660. The average Bonchev–Trinajstić information content (AvgIpc) is 3.08. The topological polar surface area (TPSA) is 20.2 Å². The second kappa shape index (κ2) is 9.84. The molecule has 4 saturated carbocycles. The maximum atomic E-state index is 10.2. The van der Waals surface area contributed by atoms with Gasteiger partial charge in [0.15, 0.2) is 0 Å². The van der Waals surface area contributed by atoms with Crippen LogP contribution >= 0.6 is 0 Å². The third-order valence-electron chi connectivity index (χ3n) is 10.0. The monoisotopic (exact) mass is 392 g/mol. The lowest BCUT2D eigenvalue weighted by Gasteiger charge is -2.61. The molecule has 166 valence electrons. The van der Waals surface area contributed by atoms with Crippen molar-refractivity contribution in [2.24, 2.45) is 46.3 Å². The Labute approximate surface area is 177 Å². The largest absolute Gasteiger partial charge is 0.393 e. The zero-order chi connectivity index (χ0) is 21.1. The Bertz CT molecular complexity index is 473. The highest BCUT2D eigenvalue weighted by atomic mass is 16.3. The highest BCUT2D eigenvalue weighted by Crippen LogP contribution is 2.68. The smallest absolute Gasteiger partial charge is 0.0543 e. The summed E-state index contributed by atoms with van der Waals surface area (Å²) in [4.78, 5) is 0. The van der Waals surface area contributed by atoms with Crippen molar-refractivity contribution in [2.75, 3.05) is 0 Å². The third-order valence-corrected chi connectivity index (χ3v) is 10.0. The molecular formula is C27H52O. The van der Waals surface area contributed by atoms with E-state index in [2.05, 4.69) is 27.7 Å². The Morgan fingerprint density at radius 1 is 0.821 bits per heavy atom. The zero-order valence-electron chi connectivity index (χ0n) is 20.6. The maximum absolute atomic E-state index is 10.2. The Morgan fingerprint density at radius 3 is 2.07 bits per heavy atom. The molecule has 4 aliphatic rings. The summed E-state index contributed by atoms with van der Waals surface area (Å²) in [5.41, 5.74) is 1.17. The van der Waals surface area contributed by atoms with Crippen LogP contribution in [0, 0.1) is 46.3 Å². The lowest BCUT2D eigenvalue weighted by Crippen LogP contribution is -2.54. The molecule has 0 aromatic heterocycles. The standard InChI is InChI=1S/C23H40O.2C2H6/c1-5-15(2)19-8-9-20-18-7-6-16-14-17(24)10-12-22(16,3)21(18)11-13-23(19,20)4;2*1-2/h15-21,24H,5-14H2,1-4H3;2*1-2H3. The maximum Gasteiger partial charge on any atom is 0.0543 e. The fourth-order valence-electron chi connectivity index (χ4n) is 8.50. The van der Waals surface area contributed by atoms with Crippen LogP contribution in [0.4, 0.5) is 0 Å². The molecule has 9 unspecified atom stereocenters. The molecule has 1 N–H and O–H groups in total. The van der Waals surface area contributed by atoms with Gasteiger partial charge in [-0.3, -0.25) is 0 Å². The van der Waals surface area contributed by atoms with E-state index in [1.165, 1.54) is 51.4 Å². The van der Waals surface area contributed by atoms with Crippen molar-refractivity contribution >= 4 is 0 Å². The van der Waals surface area contributed by atoms with Gasteiger partial charge >= 0.3 is 0 Å². The van der Waals surface area contributed by atoms with E-state index in [-0.39, 0.29) is 6.10 Å². The number of rotatable bonds is 2. The van der Waals surface area contributed by atoms with Gasteiger partial charge in [-0.2, -0.15) is 0 Å². The van der Waals surface area contributed by atoms with Crippen LogP contribution in [0.1, 0.15) is 120 Å². The summed E-state index contributed by atoms with van der Waals surface area (Å²) < 4.78 is 0. The molecule has 4 fully saturated rings. The predicted octanol–water partition coefficient (Wildman–Crippen LogP) is 8.10. The minimum absolute atomic E-state index is 0.00486. The second-order valence-electron chi connectivity index (χ2n) is 10.7. The van der Waals surface area contributed by atoms with E-state index < -0.39 is 0 Å². The van der Waals surface area contributed by atoms with Gasteiger partial charge in [0.1, 0.15) is 0 Å². The number of aliphatic hydroxyl groups excluding tert-OH is 1. The molecule has 0 heterocycles. The Hall–Kier alpha value is -0.0400. The summed E-state index contributed by atoms with van der Waals surface area (Å²) in [6.07, 6.45) is 13.6. The van der Waals surface area contributed by atoms with Crippen molar-refractivity contribution in [3.05, 3.63) is 0 Å². The van der Waals surface area contributed by atoms with Gasteiger partial charge in [-0.15, -0.1) is 0 Å². The van der Waals surface area contributed by atoms with Crippen molar-refractivity contribution in [1.29, 1.82) is 0 Å². The van der Waals surface area contributed by atoms with Gasteiger partial charge < -0.3 is 5.11 Å². The fourth-order valence-corrected chi connectivity index (χ4v) is 8.50. The lowest BCUT2D eigenvalue weighted by atomic mass is 9.44. The molecule has 0 bridgehead atoms. The van der Waals surface area contributed by atoms with E-state index >= 15 is 0 Å². The molecule has 1 heteroatoms. The van der Waals surface area contributed by atoms with Crippen molar-refractivity contribution in [3.8, 4) is 0 Å². The van der Waals surface area contributed by atoms with E-state index in [1.54, 1.807) is 0 Å². The molecule has 0 saturated heterocycles. The van der Waals surface area contributed by atoms with Crippen molar-refractivity contribution in [3.63, 3.8) is 0 Å². The first-order valence-corrected chi connectivity index (χ1v) is 13.1. The van der Waals surface area contributed by atoms with E-state index in [1.807, 2.05) is 27.7 Å². The van der Waals surface area contributed by atoms with E-state index in [9.17, 15) is 5.11 Å². The summed E-state index contributed by atoms with van der Waals surface area (Å²) >= 11 is 0. The highest BCUT2D eigenvalue weighted by Gasteiger charge is 2.60. The highest BCUT2D eigenvalue weighted by molar-refractivity contribution is 5.09. The molecule has 1 nitrogen and oxygen atoms in total. The van der Waals surface area contributed by atoms with Crippen LogP contribution in [0.3, 0.4) is 0 Å². The van der Waals surface area contributed by atoms with Gasteiger partial charge in [-0.05, 0) is 104 Å². The second-order valence-corrected chi connectivity index (χ2v) is 10.7. The van der Waals surface area contributed by atoms with Crippen molar-refractivity contribution in [2.45, 2.75) is 126 Å². The summed E-state index contributed by atoms with van der Waals surface area (Å²) in [5, 5.41) is 10.2. The number of fused-ring (bicyclic) bond motifs is 5. The van der Waals surface area contributed by atoms with Gasteiger partial charge in [-0.25, -0.2) is 0 Å². The van der Waals surface area contributed by atoms with Crippen LogP contribution in [-0.2, 0) is 0 Å². The van der Waals surface area contributed by atoms with Crippen LogP contribution in [0.25, 0.3) is 0 Å². The molecule has 0 aliphatic heterocycles. The molecule has 9 atom stereocenters. The molecule has 0 aromatic rings.